The van der Waals surface area contributed by atoms with Crippen molar-refractivity contribution < 1.29 is 0 Å². The fourth-order valence-corrected chi connectivity index (χ4v) is 1.92. The normalized spacial score (nSPS) is 10.8. The summed E-state index contributed by atoms with van der Waals surface area (Å²) in [5, 5.41) is 10.7. The van der Waals surface area contributed by atoms with E-state index in [-0.39, 0.29) is 0 Å². The summed E-state index contributed by atoms with van der Waals surface area (Å²) in [5.41, 5.74) is 2.48. The van der Waals surface area contributed by atoms with Crippen molar-refractivity contribution in [3.63, 3.8) is 0 Å². The molecule has 0 aliphatic carbocycles. The Balaban J connectivity index is 2.00. The largest absolute Gasteiger partial charge is 0.158 e. The minimum Gasteiger partial charge on any atom is -0.158 e. The standard InChI is InChI=1S/C13H12N2S/c1-11-4-2-5-12(10-11)7-9-16-13-6-3-8-14-15-13/h2-10H,1H3/b9-7+. The first-order valence-electron chi connectivity index (χ1n) is 5.02. The van der Waals surface area contributed by atoms with Crippen LogP contribution >= 0.6 is 11.8 Å². The van der Waals surface area contributed by atoms with Crippen LogP contribution in [0.25, 0.3) is 6.08 Å². The van der Waals surface area contributed by atoms with Gasteiger partial charge in [0, 0.05) is 6.20 Å². The van der Waals surface area contributed by atoms with Gasteiger partial charge in [0.1, 0.15) is 5.03 Å². The van der Waals surface area contributed by atoms with Crippen molar-refractivity contribution in [3.8, 4) is 0 Å². The molecule has 1 aromatic heterocycles. The van der Waals surface area contributed by atoms with Crippen molar-refractivity contribution >= 4 is 17.8 Å². The van der Waals surface area contributed by atoms with Gasteiger partial charge in [0.05, 0.1) is 0 Å². The maximum Gasteiger partial charge on any atom is 0.123 e. The molecule has 0 unspecified atom stereocenters. The lowest BCUT2D eigenvalue weighted by molar-refractivity contribution is 0.932. The van der Waals surface area contributed by atoms with E-state index in [2.05, 4.69) is 47.5 Å². The van der Waals surface area contributed by atoms with E-state index >= 15 is 0 Å². The molecule has 2 rings (SSSR count). The maximum atomic E-state index is 3.99. The van der Waals surface area contributed by atoms with Crippen LogP contribution in [0.2, 0.25) is 0 Å². The van der Waals surface area contributed by atoms with Crippen LogP contribution in [-0.2, 0) is 0 Å². The highest BCUT2D eigenvalue weighted by Crippen LogP contribution is 2.16. The SMILES string of the molecule is Cc1cccc(/C=C/Sc2cccnn2)c1. The fourth-order valence-electron chi connectivity index (χ4n) is 1.31. The van der Waals surface area contributed by atoms with Crippen LogP contribution in [0.4, 0.5) is 0 Å². The van der Waals surface area contributed by atoms with Gasteiger partial charge in [-0.1, -0.05) is 41.6 Å². The smallest absolute Gasteiger partial charge is 0.123 e. The van der Waals surface area contributed by atoms with Gasteiger partial charge in [-0.3, -0.25) is 0 Å². The minimum absolute atomic E-state index is 0.909. The number of nitrogens with zero attached hydrogens (tertiary/aromatic N) is 2. The molecule has 0 atom stereocenters. The molecule has 2 aromatic rings. The van der Waals surface area contributed by atoms with E-state index in [0.29, 0.717) is 0 Å². The molecular formula is C13H12N2S. The van der Waals surface area contributed by atoms with E-state index in [1.807, 2.05) is 17.5 Å². The molecule has 0 N–H and O–H groups in total. The zero-order valence-corrected chi connectivity index (χ0v) is 9.82. The Kier molecular flexibility index (Phi) is 3.72. The molecule has 0 fully saturated rings. The summed E-state index contributed by atoms with van der Waals surface area (Å²) in [5.74, 6) is 0. The number of aryl methyl sites for hydroxylation is 1. The lowest BCUT2D eigenvalue weighted by Gasteiger charge is -1.95. The van der Waals surface area contributed by atoms with E-state index in [0.717, 1.165) is 5.03 Å². The Hall–Kier alpha value is -1.61. The Labute approximate surface area is 99.4 Å². The number of rotatable bonds is 3. The van der Waals surface area contributed by atoms with Crippen LogP contribution in [0.15, 0.2) is 53.0 Å². The van der Waals surface area contributed by atoms with Gasteiger partial charge < -0.3 is 0 Å². The summed E-state index contributed by atoms with van der Waals surface area (Å²) in [6, 6.07) is 12.2. The van der Waals surface area contributed by atoms with E-state index in [9.17, 15) is 0 Å². The number of aromatic nitrogens is 2. The van der Waals surface area contributed by atoms with E-state index in [1.165, 1.54) is 11.1 Å². The van der Waals surface area contributed by atoms with Crippen molar-refractivity contribution in [1.29, 1.82) is 0 Å². The fraction of sp³-hybridized carbons (Fsp3) is 0.0769. The lowest BCUT2D eigenvalue weighted by Crippen LogP contribution is -1.79. The van der Waals surface area contributed by atoms with Crippen LogP contribution in [0, 0.1) is 6.92 Å². The quantitative estimate of drug-likeness (QED) is 0.751. The third-order valence-corrected chi connectivity index (χ3v) is 2.77. The molecule has 1 aromatic carbocycles. The van der Waals surface area contributed by atoms with Gasteiger partial charge in [0.25, 0.3) is 0 Å². The molecule has 0 aliphatic heterocycles. The van der Waals surface area contributed by atoms with Crippen molar-refractivity contribution in [2.75, 3.05) is 0 Å². The Bertz CT molecular complexity index is 480. The highest BCUT2D eigenvalue weighted by Gasteiger charge is 1.90. The van der Waals surface area contributed by atoms with Crippen molar-refractivity contribution in [2.45, 2.75) is 11.9 Å². The van der Waals surface area contributed by atoms with Crippen molar-refractivity contribution in [1.82, 2.24) is 10.2 Å². The minimum atomic E-state index is 0.909. The predicted octanol–water partition coefficient (Wildman–Crippen LogP) is 3.55. The molecule has 0 radical (unpaired) electrons. The Morgan fingerprint density at radius 3 is 2.88 bits per heavy atom. The molecule has 16 heavy (non-hydrogen) atoms. The van der Waals surface area contributed by atoms with Crippen molar-refractivity contribution in [2.24, 2.45) is 0 Å². The topological polar surface area (TPSA) is 25.8 Å². The van der Waals surface area contributed by atoms with Crippen LogP contribution in [0.1, 0.15) is 11.1 Å². The predicted molar refractivity (Wildman–Crippen MR) is 68.1 cm³/mol. The van der Waals surface area contributed by atoms with Crippen LogP contribution in [0.5, 0.6) is 0 Å². The third kappa shape index (κ3) is 3.21. The second kappa shape index (κ2) is 5.47. The van der Waals surface area contributed by atoms with Gasteiger partial charge in [-0.05, 0) is 36.1 Å². The third-order valence-electron chi connectivity index (χ3n) is 2.04. The van der Waals surface area contributed by atoms with Crippen LogP contribution in [-0.4, -0.2) is 10.2 Å². The molecule has 0 amide bonds. The summed E-state index contributed by atoms with van der Waals surface area (Å²) in [6.45, 7) is 2.09. The molecule has 1 heterocycles. The van der Waals surface area contributed by atoms with Gasteiger partial charge in [0.15, 0.2) is 0 Å². The first-order valence-corrected chi connectivity index (χ1v) is 5.90. The number of benzene rings is 1. The monoisotopic (exact) mass is 228 g/mol. The second-order valence-corrected chi connectivity index (χ2v) is 4.32. The van der Waals surface area contributed by atoms with Crippen molar-refractivity contribution in [3.05, 3.63) is 59.1 Å². The summed E-state index contributed by atoms with van der Waals surface area (Å²) < 4.78 is 0. The molecular weight excluding hydrogens is 216 g/mol. The van der Waals surface area contributed by atoms with E-state index in [4.69, 9.17) is 0 Å². The first-order chi connectivity index (χ1) is 7.84. The number of hydrogen-bond acceptors (Lipinski definition) is 3. The number of thioether (sulfide) groups is 1. The summed E-state index contributed by atoms with van der Waals surface area (Å²) >= 11 is 1.57. The summed E-state index contributed by atoms with van der Waals surface area (Å²) in [4.78, 5) is 0. The molecule has 80 valence electrons. The van der Waals surface area contributed by atoms with Gasteiger partial charge >= 0.3 is 0 Å². The van der Waals surface area contributed by atoms with Gasteiger partial charge in [-0.15, -0.1) is 5.10 Å². The molecule has 0 spiro atoms. The average molecular weight is 228 g/mol. The van der Waals surface area contributed by atoms with E-state index < -0.39 is 0 Å². The zero-order valence-electron chi connectivity index (χ0n) is 9.00. The van der Waals surface area contributed by atoms with Crippen LogP contribution < -0.4 is 0 Å². The molecule has 0 saturated carbocycles. The molecule has 2 nitrogen and oxygen atoms in total. The summed E-state index contributed by atoms with van der Waals surface area (Å²) in [7, 11) is 0. The van der Waals surface area contributed by atoms with Gasteiger partial charge in [-0.2, -0.15) is 5.10 Å². The van der Waals surface area contributed by atoms with Gasteiger partial charge in [0.2, 0.25) is 0 Å². The zero-order chi connectivity index (χ0) is 11.2. The molecule has 0 bridgehead atoms. The maximum absolute atomic E-state index is 3.99. The lowest BCUT2D eigenvalue weighted by atomic mass is 10.1. The second-order valence-electron chi connectivity index (χ2n) is 3.40. The molecule has 0 saturated heterocycles. The Morgan fingerprint density at radius 2 is 2.12 bits per heavy atom. The van der Waals surface area contributed by atoms with Crippen LogP contribution in [0.3, 0.4) is 0 Å². The highest BCUT2D eigenvalue weighted by molar-refractivity contribution is 8.02. The number of hydrogen-bond donors (Lipinski definition) is 0. The Morgan fingerprint density at radius 1 is 1.19 bits per heavy atom. The summed E-state index contributed by atoms with van der Waals surface area (Å²) in [6.07, 6.45) is 3.75. The highest BCUT2D eigenvalue weighted by atomic mass is 32.2. The molecule has 0 aliphatic rings. The molecule has 3 heteroatoms. The first kappa shape index (κ1) is 10.9. The van der Waals surface area contributed by atoms with Gasteiger partial charge in [-0.25, -0.2) is 0 Å². The average Bonchev–Trinajstić information content (AvgIpc) is 2.30. The van der Waals surface area contributed by atoms with E-state index in [1.54, 1.807) is 18.0 Å².